The van der Waals surface area contributed by atoms with Gasteiger partial charge in [-0.1, -0.05) is 40.1 Å². The van der Waals surface area contributed by atoms with Gasteiger partial charge in [0.25, 0.3) is 0 Å². The van der Waals surface area contributed by atoms with E-state index in [0.717, 1.165) is 16.5 Å². The highest BCUT2D eigenvalue weighted by molar-refractivity contribution is 9.10. The summed E-state index contributed by atoms with van der Waals surface area (Å²) in [6.07, 6.45) is 1.56. The Hall–Kier alpha value is -1.24. The summed E-state index contributed by atoms with van der Waals surface area (Å²) >= 11 is 3.44. The van der Waals surface area contributed by atoms with Crippen LogP contribution in [0.2, 0.25) is 0 Å². The summed E-state index contributed by atoms with van der Waals surface area (Å²) in [5.74, 6) is 1.05. The quantitative estimate of drug-likeness (QED) is 0.785. The van der Waals surface area contributed by atoms with Crippen LogP contribution < -0.4 is 5.73 Å². The molecular formula is C14H18BrN3O2. The molecule has 0 aliphatic heterocycles. The lowest BCUT2D eigenvalue weighted by molar-refractivity contribution is 0.119. The molecule has 2 rings (SSSR count). The highest BCUT2D eigenvalue weighted by Gasteiger charge is 2.14. The van der Waals surface area contributed by atoms with Gasteiger partial charge in [-0.3, -0.25) is 0 Å². The van der Waals surface area contributed by atoms with Gasteiger partial charge in [0.15, 0.2) is 5.82 Å². The second kappa shape index (κ2) is 7.52. The summed E-state index contributed by atoms with van der Waals surface area (Å²) in [7, 11) is 0. The van der Waals surface area contributed by atoms with Gasteiger partial charge < -0.3 is 15.0 Å². The van der Waals surface area contributed by atoms with E-state index >= 15 is 0 Å². The fraction of sp³-hybridized carbons (Fsp3) is 0.429. The first-order valence-corrected chi connectivity index (χ1v) is 7.38. The maximum atomic E-state index is 5.95. The van der Waals surface area contributed by atoms with E-state index in [2.05, 4.69) is 33.0 Å². The molecule has 1 unspecified atom stereocenters. The number of hydrogen-bond donors (Lipinski definition) is 1. The van der Waals surface area contributed by atoms with Crippen molar-refractivity contribution >= 4 is 15.9 Å². The highest BCUT2D eigenvalue weighted by Crippen LogP contribution is 2.15. The van der Waals surface area contributed by atoms with Crippen molar-refractivity contribution in [3.8, 4) is 0 Å². The molecule has 0 saturated heterocycles. The Kier molecular flexibility index (Phi) is 5.70. The first-order chi connectivity index (χ1) is 9.69. The summed E-state index contributed by atoms with van der Waals surface area (Å²) in [5.41, 5.74) is 7.05. The van der Waals surface area contributed by atoms with Crippen LogP contribution in [0.1, 0.15) is 36.7 Å². The fourth-order valence-electron chi connectivity index (χ4n) is 1.74. The Bertz CT molecular complexity index is 545. The Balaban J connectivity index is 1.94. The summed E-state index contributed by atoms with van der Waals surface area (Å²) in [5, 5.41) is 3.91. The first kappa shape index (κ1) is 15.2. The minimum atomic E-state index is -0.346. The second-order valence-corrected chi connectivity index (χ2v) is 5.45. The average Bonchev–Trinajstić information content (AvgIpc) is 2.87. The Morgan fingerprint density at radius 2 is 2.30 bits per heavy atom. The van der Waals surface area contributed by atoms with Crippen LogP contribution in [-0.4, -0.2) is 23.4 Å². The predicted molar refractivity (Wildman–Crippen MR) is 79.3 cm³/mol. The number of hydrogen-bond acceptors (Lipinski definition) is 5. The average molecular weight is 340 g/mol. The number of rotatable bonds is 7. The van der Waals surface area contributed by atoms with Crippen LogP contribution in [0.15, 0.2) is 33.3 Å². The second-order valence-electron chi connectivity index (χ2n) is 4.53. The van der Waals surface area contributed by atoms with Gasteiger partial charge in [-0.25, -0.2) is 0 Å². The monoisotopic (exact) mass is 339 g/mol. The lowest BCUT2D eigenvalue weighted by atomic mass is 10.1. The van der Waals surface area contributed by atoms with Crippen molar-refractivity contribution < 1.29 is 9.26 Å². The Morgan fingerprint density at radius 3 is 3.05 bits per heavy atom. The maximum Gasteiger partial charge on any atom is 0.231 e. The van der Waals surface area contributed by atoms with E-state index in [1.807, 2.05) is 24.3 Å². The molecule has 0 saturated carbocycles. The SMILES string of the molecule is CCCOCC(N)c1noc(Cc2cccc(Br)c2)n1. The van der Waals surface area contributed by atoms with Crippen molar-refractivity contribution in [1.29, 1.82) is 0 Å². The van der Waals surface area contributed by atoms with Gasteiger partial charge in [-0.05, 0) is 24.1 Å². The molecule has 0 aliphatic rings. The molecule has 0 amide bonds. The number of benzene rings is 1. The number of aromatic nitrogens is 2. The van der Waals surface area contributed by atoms with Crippen LogP contribution in [-0.2, 0) is 11.2 Å². The third kappa shape index (κ3) is 4.40. The van der Waals surface area contributed by atoms with E-state index in [1.165, 1.54) is 0 Å². The summed E-state index contributed by atoms with van der Waals surface area (Å²) < 4.78 is 11.6. The number of halogens is 1. The fourth-order valence-corrected chi connectivity index (χ4v) is 2.19. The molecule has 0 radical (unpaired) electrons. The van der Waals surface area contributed by atoms with Crippen molar-refractivity contribution in [2.75, 3.05) is 13.2 Å². The van der Waals surface area contributed by atoms with Crippen LogP contribution in [0.3, 0.4) is 0 Å². The van der Waals surface area contributed by atoms with E-state index in [-0.39, 0.29) is 6.04 Å². The number of nitrogens with two attached hydrogens (primary N) is 1. The molecule has 1 aromatic carbocycles. The third-order valence-electron chi connectivity index (χ3n) is 2.71. The lowest BCUT2D eigenvalue weighted by Crippen LogP contribution is -2.18. The van der Waals surface area contributed by atoms with Gasteiger partial charge >= 0.3 is 0 Å². The molecule has 0 spiro atoms. The van der Waals surface area contributed by atoms with Crippen LogP contribution in [0.5, 0.6) is 0 Å². The zero-order valence-corrected chi connectivity index (χ0v) is 13.0. The van der Waals surface area contributed by atoms with Crippen LogP contribution in [0, 0.1) is 0 Å². The van der Waals surface area contributed by atoms with Crippen molar-refractivity contribution in [3.63, 3.8) is 0 Å². The van der Waals surface area contributed by atoms with Crippen LogP contribution in [0.4, 0.5) is 0 Å². The first-order valence-electron chi connectivity index (χ1n) is 6.59. The standard InChI is InChI=1S/C14H18BrN3O2/c1-2-6-19-9-12(16)14-17-13(20-18-14)8-10-4-3-5-11(15)7-10/h3-5,7,12H,2,6,8-9,16H2,1H3. The zero-order chi connectivity index (χ0) is 14.4. The van der Waals surface area contributed by atoms with E-state index in [0.29, 0.717) is 31.3 Å². The van der Waals surface area contributed by atoms with Gasteiger partial charge in [-0.15, -0.1) is 0 Å². The van der Waals surface area contributed by atoms with Crippen molar-refractivity contribution in [3.05, 3.63) is 46.0 Å². The molecule has 2 aromatic rings. The van der Waals surface area contributed by atoms with Gasteiger partial charge in [-0.2, -0.15) is 4.98 Å². The smallest absolute Gasteiger partial charge is 0.231 e. The van der Waals surface area contributed by atoms with Crippen molar-refractivity contribution in [2.45, 2.75) is 25.8 Å². The molecule has 6 heteroatoms. The van der Waals surface area contributed by atoms with E-state index in [9.17, 15) is 0 Å². The molecule has 2 N–H and O–H groups in total. The largest absolute Gasteiger partial charge is 0.379 e. The summed E-state index contributed by atoms with van der Waals surface area (Å²) in [6.45, 7) is 3.15. The van der Waals surface area contributed by atoms with Gasteiger partial charge in [0.1, 0.15) is 0 Å². The molecule has 1 heterocycles. The summed E-state index contributed by atoms with van der Waals surface area (Å²) in [6, 6.07) is 7.64. The van der Waals surface area contributed by atoms with E-state index < -0.39 is 0 Å². The van der Waals surface area contributed by atoms with Gasteiger partial charge in [0.2, 0.25) is 5.89 Å². The molecule has 0 bridgehead atoms. The van der Waals surface area contributed by atoms with Gasteiger partial charge in [0, 0.05) is 11.1 Å². The molecule has 1 aromatic heterocycles. The van der Waals surface area contributed by atoms with E-state index in [1.54, 1.807) is 0 Å². The molecule has 20 heavy (non-hydrogen) atoms. The third-order valence-corrected chi connectivity index (χ3v) is 3.20. The summed E-state index contributed by atoms with van der Waals surface area (Å²) in [4.78, 5) is 4.32. The normalized spacial score (nSPS) is 12.6. The van der Waals surface area contributed by atoms with Crippen molar-refractivity contribution in [2.24, 2.45) is 5.73 Å². The van der Waals surface area contributed by atoms with Crippen LogP contribution in [0.25, 0.3) is 0 Å². The lowest BCUT2D eigenvalue weighted by Gasteiger charge is -2.06. The van der Waals surface area contributed by atoms with E-state index in [4.69, 9.17) is 15.0 Å². The Morgan fingerprint density at radius 1 is 1.45 bits per heavy atom. The molecule has 1 atom stereocenters. The number of ether oxygens (including phenoxy) is 1. The maximum absolute atomic E-state index is 5.95. The molecule has 0 aliphatic carbocycles. The van der Waals surface area contributed by atoms with Gasteiger partial charge in [0.05, 0.1) is 19.1 Å². The predicted octanol–water partition coefficient (Wildman–Crippen LogP) is 2.85. The highest BCUT2D eigenvalue weighted by atomic mass is 79.9. The zero-order valence-electron chi connectivity index (χ0n) is 11.4. The number of nitrogens with zero attached hydrogens (tertiary/aromatic N) is 2. The Labute approximate surface area is 126 Å². The minimum Gasteiger partial charge on any atom is -0.379 e. The molecule has 0 fully saturated rings. The van der Waals surface area contributed by atoms with Crippen LogP contribution >= 0.6 is 15.9 Å². The molecule has 5 nitrogen and oxygen atoms in total. The minimum absolute atomic E-state index is 0.346. The molecule has 108 valence electrons. The van der Waals surface area contributed by atoms with Crippen molar-refractivity contribution in [1.82, 2.24) is 10.1 Å². The molecular weight excluding hydrogens is 322 g/mol. The topological polar surface area (TPSA) is 74.2 Å².